The first-order valence-electron chi connectivity index (χ1n) is 6.88. The number of urea groups is 1. The summed E-state index contributed by atoms with van der Waals surface area (Å²) in [6, 6.07) is 7.62. The molecule has 1 aromatic rings. The van der Waals surface area contributed by atoms with Crippen LogP contribution in [0.3, 0.4) is 0 Å². The summed E-state index contributed by atoms with van der Waals surface area (Å²) in [4.78, 5) is 22.6. The molecule has 1 aliphatic carbocycles. The third kappa shape index (κ3) is 3.73. The van der Waals surface area contributed by atoms with E-state index in [1.807, 2.05) is 31.2 Å². The molecule has 1 fully saturated rings. The zero-order valence-corrected chi connectivity index (χ0v) is 11.6. The molecule has 0 spiro atoms. The quantitative estimate of drug-likeness (QED) is 0.787. The Bertz CT molecular complexity index is 502. The van der Waals surface area contributed by atoms with Crippen LogP contribution < -0.4 is 10.6 Å². The van der Waals surface area contributed by atoms with Gasteiger partial charge < -0.3 is 15.7 Å². The van der Waals surface area contributed by atoms with Gasteiger partial charge in [0.2, 0.25) is 0 Å². The number of carboxylic acid groups (broad SMARTS) is 1. The molecule has 2 amide bonds. The number of rotatable bonds is 4. The first-order chi connectivity index (χ1) is 9.56. The maximum absolute atomic E-state index is 11.8. The van der Waals surface area contributed by atoms with Crippen LogP contribution >= 0.6 is 0 Å². The summed E-state index contributed by atoms with van der Waals surface area (Å²) in [5.41, 5.74) is 2.22. The normalized spacial score (nSPS) is 21.4. The van der Waals surface area contributed by atoms with Gasteiger partial charge in [-0.25, -0.2) is 4.79 Å². The third-order valence-electron chi connectivity index (χ3n) is 3.82. The van der Waals surface area contributed by atoms with Crippen LogP contribution in [0.2, 0.25) is 0 Å². The van der Waals surface area contributed by atoms with Crippen molar-refractivity contribution in [3.05, 3.63) is 35.4 Å². The van der Waals surface area contributed by atoms with Gasteiger partial charge in [-0.05, 0) is 37.3 Å². The van der Waals surface area contributed by atoms with Crippen molar-refractivity contribution in [3.63, 3.8) is 0 Å². The van der Waals surface area contributed by atoms with Gasteiger partial charge in [-0.3, -0.25) is 4.79 Å². The summed E-state index contributed by atoms with van der Waals surface area (Å²) < 4.78 is 0. The Labute approximate surface area is 118 Å². The van der Waals surface area contributed by atoms with E-state index in [1.54, 1.807) is 0 Å². The first kappa shape index (κ1) is 14.4. The summed E-state index contributed by atoms with van der Waals surface area (Å²) in [6.07, 6.45) is 1.89. The predicted octanol–water partition coefficient (Wildman–Crippen LogP) is 2.05. The van der Waals surface area contributed by atoms with Crippen LogP contribution in [-0.4, -0.2) is 23.1 Å². The molecule has 1 saturated carbocycles. The van der Waals surface area contributed by atoms with Crippen molar-refractivity contribution < 1.29 is 14.7 Å². The Balaban J connectivity index is 1.77. The lowest BCUT2D eigenvalue weighted by Gasteiger charge is -2.14. The summed E-state index contributed by atoms with van der Waals surface area (Å²) in [7, 11) is 0. The Hall–Kier alpha value is -2.04. The number of carbonyl (C=O) groups excluding carboxylic acids is 1. The lowest BCUT2D eigenvalue weighted by atomic mass is 10.1. The van der Waals surface area contributed by atoms with Crippen molar-refractivity contribution >= 4 is 12.0 Å². The van der Waals surface area contributed by atoms with E-state index < -0.39 is 5.97 Å². The standard InChI is InChI=1S/C15H20N2O3/c1-10-4-2-3-5-12(10)9-16-15(20)17-13-7-6-11(8-13)14(18)19/h2-5,11,13H,6-9H2,1H3,(H,18,19)(H2,16,17,20). The first-order valence-corrected chi connectivity index (χ1v) is 6.88. The molecule has 20 heavy (non-hydrogen) atoms. The van der Waals surface area contributed by atoms with Gasteiger partial charge in [-0.15, -0.1) is 0 Å². The average Bonchev–Trinajstić information content (AvgIpc) is 2.86. The maximum atomic E-state index is 11.8. The van der Waals surface area contributed by atoms with Crippen molar-refractivity contribution in [2.75, 3.05) is 0 Å². The highest BCUT2D eigenvalue weighted by atomic mass is 16.4. The van der Waals surface area contributed by atoms with E-state index in [0.29, 0.717) is 19.4 Å². The molecule has 0 aliphatic heterocycles. The topological polar surface area (TPSA) is 78.4 Å². The van der Waals surface area contributed by atoms with Gasteiger partial charge >= 0.3 is 12.0 Å². The molecule has 108 valence electrons. The Morgan fingerprint density at radius 3 is 2.70 bits per heavy atom. The second-order valence-electron chi connectivity index (χ2n) is 5.30. The minimum absolute atomic E-state index is 0.0343. The van der Waals surface area contributed by atoms with Gasteiger partial charge in [-0.2, -0.15) is 0 Å². The SMILES string of the molecule is Cc1ccccc1CNC(=O)NC1CCC(C(=O)O)C1. The van der Waals surface area contributed by atoms with Gasteiger partial charge in [-0.1, -0.05) is 24.3 Å². The zero-order chi connectivity index (χ0) is 14.5. The number of benzene rings is 1. The largest absolute Gasteiger partial charge is 0.481 e. The Kier molecular flexibility index (Phi) is 4.61. The molecule has 0 radical (unpaired) electrons. The summed E-state index contributed by atoms with van der Waals surface area (Å²) in [5.74, 6) is -1.09. The van der Waals surface area contributed by atoms with Crippen molar-refractivity contribution in [3.8, 4) is 0 Å². The number of carboxylic acids is 1. The van der Waals surface area contributed by atoms with Gasteiger partial charge in [0, 0.05) is 12.6 Å². The van der Waals surface area contributed by atoms with Crippen LogP contribution in [0, 0.1) is 12.8 Å². The van der Waals surface area contributed by atoms with Crippen molar-refractivity contribution in [1.82, 2.24) is 10.6 Å². The molecule has 5 heteroatoms. The van der Waals surface area contributed by atoms with E-state index in [2.05, 4.69) is 10.6 Å². The minimum Gasteiger partial charge on any atom is -0.481 e. The van der Waals surface area contributed by atoms with Crippen LogP contribution in [0.4, 0.5) is 4.79 Å². The van der Waals surface area contributed by atoms with Gasteiger partial charge in [0.15, 0.2) is 0 Å². The Morgan fingerprint density at radius 2 is 2.05 bits per heavy atom. The van der Waals surface area contributed by atoms with Gasteiger partial charge in [0.05, 0.1) is 5.92 Å². The highest BCUT2D eigenvalue weighted by molar-refractivity contribution is 5.75. The van der Waals surface area contributed by atoms with Crippen LogP contribution in [0.25, 0.3) is 0 Å². The monoisotopic (exact) mass is 276 g/mol. The molecule has 5 nitrogen and oxygen atoms in total. The molecule has 1 aromatic carbocycles. The number of amides is 2. The number of hydrogen-bond acceptors (Lipinski definition) is 2. The average molecular weight is 276 g/mol. The van der Waals surface area contributed by atoms with Crippen molar-refractivity contribution in [2.24, 2.45) is 5.92 Å². The second-order valence-corrected chi connectivity index (χ2v) is 5.30. The van der Waals surface area contributed by atoms with Crippen LogP contribution in [-0.2, 0) is 11.3 Å². The second kappa shape index (κ2) is 6.41. The van der Waals surface area contributed by atoms with E-state index in [4.69, 9.17) is 5.11 Å². The number of aliphatic carboxylic acids is 1. The smallest absolute Gasteiger partial charge is 0.315 e. The number of carbonyl (C=O) groups is 2. The van der Waals surface area contributed by atoms with Gasteiger partial charge in [0.25, 0.3) is 0 Å². The van der Waals surface area contributed by atoms with E-state index in [-0.39, 0.29) is 18.0 Å². The minimum atomic E-state index is -0.769. The molecular formula is C15H20N2O3. The molecule has 0 aromatic heterocycles. The van der Waals surface area contributed by atoms with Crippen LogP contribution in [0.5, 0.6) is 0 Å². The fraction of sp³-hybridized carbons (Fsp3) is 0.467. The summed E-state index contributed by atoms with van der Waals surface area (Å²) in [5, 5.41) is 14.6. The van der Waals surface area contributed by atoms with Crippen molar-refractivity contribution in [2.45, 2.75) is 38.8 Å². The fourth-order valence-electron chi connectivity index (χ4n) is 2.56. The highest BCUT2D eigenvalue weighted by Gasteiger charge is 2.30. The molecule has 2 unspecified atom stereocenters. The molecule has 0 saturated heterocycles. The maximum Gasteiger partial charge on any atom is 0.315 e. The highest BCUT2D eigenvalue weighted by Crippen LogP contribution is 2.25. The van der Waals surface area contributed by atoms with E-state index >= 15 is 0 Å². The molecular weight excluding hydrogens is 256 g/mol. The lowest BCUT2D eigenvalue weighted by molar-refractivity contribution is -0.141. The number of nitrogens with one attached hydrogen (secondary N) is 2. The third-order valence-corrected chi connectivity index (χ3v) is 3.82. The van der Waals surface area contributed by atoms with Crippen LogP contribution in [0.15, 0.2) is 24.3 Å². The number of aryl methyl sites for hydroxylation is 1. The van der Waals surface area contributed by atoms with E-state index in [0.717, 1.165) is 17.5 Å². The van der Waals surface area contributed by atoms with E-state index in [1.165, 1.54) is 0 Å². The lowest BCUT2D eigenvalue weighted by Crippen LogP contribution is -2.40. The molecule has 0 heterocycles. The van der Waals surface area contributed by atoms with E-state index in [9.17, 15) is 9.59 Å². The predicted molar refractivity (Wildman–Crippen MR) is 75.3 cm³/mol. The molecule has 0 bridgehead atoms. The zero-order valence-electron chi connectivity index (χ0n) is 11.6. The summed E-state index contributed by atoms with van der Waals surface area (Å²) >= 11 is 0. The van der Waals surface area contributed by atoms with Gasteiger partial charge in [0.1, 0.15) is 0 Å². The molecule has 2 rings (SSSR count). The molecule has 3 N–H and O–H groups in total. The van der Waals surface area contributed by atoms with Crippen LogP contribution in [0.1, 0.15) is 30.4 Å². The Morgan fingerprint density at radius 1 is 1.30 bits per heavy atom. The summed E-state index contributed by atoms with van der Waals surface area (Å²) in [6.45, 7) is 2.48. The molecule has 2 atom stereocenters. The number of hydrogen-bond donors (Lipinski definition) is 3. The molecule has 1 aliphatic rings. The van der Waals surface area contributed by atoms with Crippen molar-refractivity contribution in [1.29, 1.82) is 0 Å². The fourth-order valence-corrected chi connectivity index (χ4v) is 2.56.